The van der Waals surface area contributed by atoms with Crippen LogP contribution in [-0.2, 0) is 4.74 Å². The number of esters is 1. The third kappa shape index (κ3) is 2.45. The summed E-state index contributed by atoms with van der Waals surface area (Å²) in [6.45, 7) is 6.99. The molecule has 0 atom stereocenters. The van der Waals surface area contributed by atoms with Crippen LogP contribution in [0.2, 0.25) is 0 Å². The van der Waals surface area contributed by atoms with E-state index in [1.54, 1.807) is 13.8 Å². The summed E-state index contributed by atoms with van der Waals surface area (Å²) in [4.78, 5) is 31.0. The number of hydrogen-bond donors (Lipinski definition) is 2. The first-order chi connectivity index (χ1) is 10.6. The van der Waals surface area contributed by atoms with Crippen LogP contribution in [0.4, 0.5) is 5.82 Å². The fraction of sp³-hybridized carbons (Fsp3) is 0.500. The molecule has 0 aliphatic carbocycles. The average molecular weight is 305 g/mol. The predicted molar refractivity (Wildman–Crippen MR) is 81.6 cm³/mol. The molecule has 8 nitrogen and oxygen atoms in total. The van der Waals surface area contributed by atoms with E-state index in [4.69, 9.17) is 4.74 Å². The molecule has 1 saturated heterocycles. The summed E-state index contributed by atoms with van der Waals surface area (Å²) in [5, 5.41) is 6.13. The molecular weight excluding hydrogens is 286 g/mol. The largest absolute Gasteiger partial charge is 0.462 e. The number of rotatable bonds is 3. The number of anilines is 1. The monoisotopic (exact) mass is 305 g/mol. The SMILES string of the molecule is CCOC(=O)c1c(C)[nH]n2c(=O)cc(N3CCNCC3)nc12. The Morgan fingerprint density at radius 1 is 1.41 bits per heavy atom. The number of aromatic amines is 1. The molecule has 1 aliphatic rings. The minimum atomic E-state index is -0.469. The van der Waals surface area contributed by atoms with Crippen LogP contribution in [0.1, 0.15) is 23.0 Å². The van der Waals surface area contributed by atoms with Gasteiger partial charge in [0.15, 0.2) is 5.65 Å². The van der Waals surface area contributed by atoms with Crippen LogP contribution >= 0.6 is 0 Å². The van der Waals surface area contributed by atoms with E-state index in [9.17, 15) is 9.59 Å². The van der Waals surface area contributed by atoms with Gasteiger partial charge in [-0.3, -0.25) is 9.89 Å². The number of fused-ring (bicyclic) bond motifs is 1. The lowest BCUT2D eigenvalue weighted by molar-refractivity contribution is 0.0527. The second-order valence-corrected chi connectivity index (χ2v) is 5.18. The van der Waals surface area contributed by atoms with Crippen LogP contribution in [-0.4, -0.2) is 53.4 Å². The molecule has 22 heavy (non-hydrogen) atoms. The molecule has 0 bridgehead atoms. The van der Waals surface area contributed by atoms with Crippen molar-refractivity contribution >= 4 is 17.4 Å². The Balaban J connectivity index is 2.12. The molecule has 0 radical (unpaired) electrons. The van der Waals surface area contributed by atoms with Crippen molar-refractivity contribution in [2.45, 2.75) is 13.8 Å². The van der Waals surface area contributed by atoms with Gasteiger partial charge in [0.25, 0.3) is 5.56 Å². The van der Waals surface area contributed by atoms with Gasteiger partial charge >= 0.3 is 5.97 Å². The van der Waals surface area contributed by atoms with Crippen molar-refractivity contribution in [3.63, 3.8) is 0 Å². The second kappa shape index (κ2) is 5.80. The van der Waals surface area contributed by atoms with Gasteiger partial charge in [0.2, 0.25) is 0 Å². The zero-order valence-electron chi connectivity index (χ0n) is 12.7. The maximum Gasteiger partial charge on any atom is 0.343 e. The zero-order chi connectivity index (χ0) is 15.7. The van der Waals surface area contributed by atoms with Gasteiger partial charge in [-0.25, -0.2) is 14.3 Å². The highest BCUT2D eigenvalue weighted by Gasteiger charge is 2.22. The lowest BCUT2D eigenvalue weighted by Crippen LogP contribution is -2.44. The standard InChI is InChI=1S/C14H19N5O3/c1-3-22-14(21)12-9(2)17-19-11(20)8-10(16-13(12)19)18-6-4-15-5-7-18/h8,15,17H,3-7H2,1-2H3. The average Bonchev–Trinajstić information content (AvgIpc) is 2.85. The Kier molecular flexibility index (Phi) is 3.84. The number of ether oxygens (including phenoxy) is 1. The summed E-state index contributed by atoms with van der Waals surface area (Å²) in [7, 11) is 0. The molecule has 0 unspecified atom stereocenters. The summed E-state index contributed by atoms with van der Waals surface area (Å²) in [5.41, 5.74) is 0.964. The fourth-order valence-electron chi connectivity index (χ4n) is 2.64. The van der Waals surface area contributed by atoms with Crippen LogP contribution in [0.5, 0.6) is 0 Å². The maximum atomic E-state index is 12.3. The maximum absolute atomic E-state index is 12.3. The Labute approximate surface area is 127 Å². The highest BCUT2D eigenvalue weighted by Crippen LogP contribution is 2.17. The van der Waals surface area contributed by atoms with Crippen molar-refractivity contribution in [1.82, 2.24) is 19.9 Å². The number of carbonyl (C=O) groups excluding carboxylic acids is 1. The van der Waals surface area contributed by atoms with Crippen molar-refractivity contribution in [2.24, 2.45) is 0 Å². The molecule has 1 aliphatic heterocycles. The molecule has 2 aromatic rings. The zero-order valence-corrected chi connectivity index (χ0v) is 12.7. The smallest absolute Gasteiger partial charge is 0.343 e. The van der Waals surface area contributed by atoms with E-state index < -0.39 is 5.97 Å². The fourth-order valence-corrected chi connectivity index (χ4v) is 2.64. The first-order valence-electron chi connectivity index (χ1n) is 7.37. The Hall–Kier alpha value is -2.35. The third-order valence-corrected chi connectivity index (χ3v) is 3.70. The Morgan fingerprint density at radius 3 is 2.82 bits per heavy atom. The van der Waals surface area contributed by atoms with E-state index >= 15 is 0 Å². The van der Waals surface area contributed by atoms with Crippen LogP contribution in [0.15, 0.2) is 10.9 Å². The topological polar surface area (TPSA) is 91.7 Å². The summed E-state index contributed by atoms with van der Waals surface area (Å²) < 4.78 is 6.35. The van der Waals surface area contributed by atoms with Gasteiger partial charge in [-0.2, -0.15) is 0 Å². The number of nitrogens with zero attached hydrogens (tertiary/aromatic N) is 3. The summed E-state index contributed by atoms with van der Waals surface area (Å²) in [5.74, 6) is 0.124. The highest BCUT2D eigenvalue weighted by molar-refractivity contribution is 5.97. The van der Waals surface area contributed by atoms with E-state index in [0.717, 1.165) is 26.2 Å². The third-order valence-electron chi connectivity index (χ3n) is 3.70. The Morgan fingerprint density at radius 2 is 2.14 bits per heavy atom. The van der Waals surface area contributed by atoms with Crippen LogP contribution in [0, 0.1) is 6.92 Å². The first kappa shape index (κ1) is 14.6. The van der Waals surface area contributed by atoms with Gasteiger partial charge in [-0.15, -0.1) is 0 Å². The predicted octanol–water partition coefficient (Wildman–Crippen LogP) is -0.0827. The van der Waals surface area contributed by atoms with Gasteiger partial charge in [-0.05, 0) is 13.8 Å². The van der Waals surface area contributed by atoms with Crippen molar-refractivity contribution in [2.75, 3.05) is 37.7 Å². The van der Waals surface area contributed by atoms with E-state index in [0.29, 0.717) is 22.7 Å². The number of H-pyrrole nitrogens is 1. The first-order valence-corrected chi connectivity index (χ1v) is 7.37. The molecular formula is C14H19N5O3. The molecule has 0 amide bonds. The van der Waals surface area contributed by atoms with Crippen molar-refractivity contribution < 1.29 is 9.53 Å². The molecule has 0 aromatic carbocycles. The number of aryl methyl sites for hydroxylation is 1. The Bertz CT molecular complexity index is 758. The summed E-state index contributed by atoms with van der Waals surface area (Å²) in [6.07, 6.45) is 0. The van der Waals surface area contributed by atoms with E-state index in [-0.39, 0.29) is 12.2 Å². The van der Waals surface area contributed by atoms with Gasteiger partial charge in [-0.1, -0.05) is 0 Å². The number of carbonyl (C=O) groups is 1. The van der Waals surface area contributed by atoms with E-state index in [1.807, 2.05) is 4.90 Å². The normalized spacial score (nSPS) is 15.3. The number of aromatic nitrogens is 3. The molecule has 0 spiro atoms. The van der Waals surface area contributed by atoms with Gasteiger partial charge in [0, 0.05) is 37.9 Å². The molecule has 118 valence electrons. The van der Waals surface area contributed by atoms with Crippen molar-refractivity contribution in [3.8, 4) is 0 Å². The van der Waals surface area contributed by atoms with Crippen LogP contribution in [0.3, 0.4) is 0 Å². The minimum Gasteiger partial charge on any atom is -0.462 e. The van der Waals surface area contributed by atoms with Gasteiger partial charge in [0.1, 0.15) is 11.4 Å². The quantitative estimate of drug-likeness (QED) is 0.771. The minimum absolute atomic E-state index is 0.239. The number of hydrogen-bond acceptors (Lipinski definition) is 6. The van der Waals surface area contributed by atoms with Crippen molar-refractivity contribution in [1.29, 1.82) is 0 Å². The van der Waals surface area contributed by atoms with Crippen LogP contribution < -0.4 is 15.8 Å². The molecule has 2 aromatic heterocycles. The van der Waals surface area contributed by atoms with Gasteiger partial charge in [0.05, 0.1) is 6.61 Å². The second-order valence-electron chi connectivity index (χ2n) is 5.18. The molecule has 1 fully saturated rings. The van der Waals surface area contributed by atoms with Crippen molar-refractivity contribution in [3.05, 3.63) is 27.7 Å². The lowest BCUT2D eigenvalue weighted by Gasteiger charge is -2.28. The number of nitrogens with one attached hydrogen (secondary N) is 2. The molecule has 3 rings (SSSR count). The van der Waals surface area contributed by atoms with Gasteiger partial charge < -0.3 is 15.0 Å². The highest BCUT2D eigenvalue weighted by atomic mass is 16.5. The molecule has 2 N–H and O–H groups in total. The van der Waals surface area contributed by atoms with E-state index in [1.165, 1.54) is 10.6 Å². The summed E-state index contributed by atoms with van der Waals surface area (Å²) >= 11 is 0. The van der Waals surface area contributed by atoms with Crippen LogP contribution in [0.25, 0.3) is 5.65 Å². The molecule has 0 saturated carbocycles. The molecule has 3 heterocycles. The lowest BCUT2D eigenvalue weighted by atomic mass is 10.2. The summed E-state index contributed by atoms with van der Waals surface area (Å²) in [6, 6.07) is 1.49. The number of piperazine rings is 1. The van der Waals surface area contributed by atoms with E-state index in [2.05, 4.69) is 15.4 Å². The molecule has 8 heteroatoms.